The molecule has 1 aromatic rings. The summed E-state index contributed by atoms with van der Waals surface area (Å²) in [7, 11) is 1.75. The van der Waals surface area contributed by atoms with E-state index in [0.29, 0.717) is 12.5 Å². The van der Waals surface area contributed by atoms with Crippen molar-refractivity contribution in [2.75, 3.05) is 18.5 Å². The Morgan fingerprint density at radius 3 is 2.79 bits per heavy atom. The minimum absolute atomic E-state index is 0.0107. The molecule has 2 amide bonds. The lowest BCUT2D eigenvalue weighted by Gasteiger charge is -2.31. The minimum Gasteiger partial charge on any atom is -0.355 e. The van der Waals surface area contributed by atoms with Gasteiger partial charge in [-0.05, 0) is 17.5 Å². The first-order chi connectivity index (χ1) is 9.00. The highest BCUT2D eigenvalue weighted by Gasteiger charge is 2.33. The van der Waals surface area contributed by atoms with Crippen LogP contribution in [0, 0.1) is 5.92 Å². The van der Waals surface area contributed by atoms with Crippen LogP contribution in [0.4, 0.5) is 5.69 Å². The summed E-state index contributed by atoms with van der Waals surface area (Å²) in [6, 6.07) is 7.61. The quantitative estimate of drug-likeness (QED) is 0.902. The van der Waals surface area contributed by atoms with E-state index in [9.17, 15) is 9.59 Å². The number of amides is 2. The van der Waals surface area contributed by atoms with E-state index in [1.165, 1.54) is 0 Å². The molecule has 4 nitrogen and oxygen atoms in total. The molecule has 0 spiro atoms. The fourth-order valence-corrected chi connectivity index (χ4v) is 2.31. The van der Waals surface area contributed by atoms with Crippen molar-refractivity contribution in [3.8, 4) is 0 Å². The van der Waals surface area contributed by atoms with E-state index >= 15 is 0 Å². The molecule has 1 atom stereocenters. The third-order valence-electron chi connectivity index (χ3n) is 3.43. The van der Waals surface area contributed by atoms with E-state index in [-0.39, 0.29) is 24.2 Å². The fourth-order valence-electron chi connectivity index (χ4n) is 2.31. The molecular formula is C15H20N2O2. The number of hydrogen-bond donors (Lipinski definition) is 1. The number of rotatable bonds is 3. The molecule has 1 N–H and O–H groups in total. The lowest BCUT2D eigenvalue weighted by Crippen LogP contribution is -2.40. The first-order valence-corrected chi connectivity index (χ1v) is 6.64. The predicted molar refractivity (Wildman–Crippen MR) is 75.1 cm³/mol. The standard InChI is InChI=1S/C15H20N2O2/c1-10(2)9-16-15(19)12-8-14(18)17(3)13-7-5-4-6-11(12)13/h4-7,10,12H,8-9H2,1-3H3,(H,16,19). The van der Waals surface area contributed by atoms with Crippen molar-refractivity contribution in [3.63, 3.8) is 0 Å². The number of anilines is 1. The molecule has 0 fully saturated rings. The van der Waals surface area contributed by atoms with Gasteiger partial charge in [-0.3, -0.25) is 9.59 Å². The Kier molecular flexibility index (Phi) is 3.88. The third-order valence-corrected chi connectivity index (χ3v) is 3.43. The van der Waals surface area contributed by atoms with E-state index in [1.54, 1.807) is 11.9 Å². The van der Waals surface area contributed by atoms with Gasteiger partial charge in [0.15, 0.2) is 0 Å². The number of nitrogens with one attached hydrogen (secondary N) is 1. The van der Waals surface area contributed by atoms with Crippen LogP contribution in [0.5, 0.6) is 0 Å². The number of carbonyl (C=O) groups is 2. The molecule has 2 rings (SSSR count). The van der Waals surface area contributed by atoms with Gasteiger partial charge in [-0.2, -0.15) is 0 Å². The van der Waals surface area contributed by atoms with Crippen molar-refractivity contribution < 1.29 is 9.59 Å². The molecule has 1 aliphatic heterocycles. The second kappa shape index (κ2) is 5.43. The van der Waals surface area contributed by atoms with Crippen molar-refractivity contribution >= 4 is 17.5 Å². The van der Waals surface area contributed by atoms with Crippen LogP contribution < -0.4 is 10.2 Å². The molecule has 4 heteroatoms. The van der Waals surface area contributed by atoms with Crippen LogP contribution in [-0.4, -0.2) is 25.4 Å². The number of nitrogens with zero attached hydrogens (tertiary/aromatic N) is 1. The summed E-state index contributed by atoms with van der Waals surface area (Å²) in [5.41, 5.74) is 1.77. The summed E-state index contributed by atoms with van der Waals surface area (Å²) in [6.45, 7) is 4.74. The zero-order valence-corrected chi connectivity index (χ0v) is 11.6. The Bertz CT molecular complexity index is 497. The lowest BCUT2D eigenvalue weighted by molar-refractivity contribution is -0.127. The maximum Gasteiger partial charge on any atom is 0.228 e. The van der Waals surface area contributed by atoms with Gasteiger partial charge in [0.2, 0.25) is 11.8 Å². The van der Waals surface area contributed by atoms with Crippen molar-refractivity contribution in [2.24, 2.45) is 5.92 Å². The van der Waals surface area contributed by atoms with E-state index in [1.807, 2.05) is 38.1 Å². The average molecular weight is 260 g/mol. The van der Waals surface area contributed by atoms with E-state index in [2.05, 4.69) is 5.32 Å². The summed E-state index contributed by atoms with van der Waals surface area (Å²) in [4.78, 5) is 25.8. The topological polar surface area (TPSA) is 49.4 Å². The van der Waals surface area contributed by atoms with Gasteiger partial charge in [-0.1, -0.05) is 32.0 Å². The predicted octanol–water partition coefficient (Wildman–Crippen LogP) is 1.91. The van der Waals surface area contributed by atoms with Crippen molar-refractivity contribution in [1.29, 1.82) is 0 Å². The van der Waals surface area contributed by atoms with Gasteiger partial charge < -0.3 is 10.2 Å². The molecule has 102 valence electrons. The van der Waals surface area contributed by atoms with Crippen LogP contribution >= 0.6 is 0 Å². The van der Waals surface area contributed by atoms with Gasteiger partial charge in [0.25, 0.3) is 0 Å². The molecule has 1 heterocycles. The van der Waals surface area contributed by atoms with E-state index in [4.69, 9.17) is 0 Å². The summed E-state index contributed by atoms with van der Waals surface area (Å²) in [5.74, 6) is -0.0224. The Morgan fingerprint density at radius 2 is 2.11 bits per heavy atom. The summed E-state index contributed by atoms with van der Waals surface area (Å²) in [5, 5.41) is 2.92. The molecule has 0 aliphatic carbocycles. The Balaban J connectivity index is 2.25. The lowest BCUT2D eigenvalue weighted by atomic mass is 9.89. The van der Waals surface area contributed by atoms with Gasteiger partial charge in [-0.25, -0.2) is 0 Å². The zero-order valence-electron chi connectivity index (χ0n) is 11.6. The molecule has 0 saturated carbocycles. The van der Waals surface area contributed by atoms with Crippen LogP contribution in [0.1, 0.15) is 31.7 Å². The molecule has 0 aromatic heterocycles. The van der Waals surface area contributed by atoms with Crippen LogP contribution in [0.3, 0.4) is 0 Å². The fraction of sp³-hybridized carbons (Fsp3) is 0.467. The number of hydrogen-bond acceptors (Lipinski definition) is 2. The maximum absolute atomic E-state index is 12.2. The van der Waals surface area contributed by atoms with Gasteiger partial charge in [-0.15, -0.1) is 0 Å². The number of fused-ring (bicyclic) bond motifs is 1. The maximum atomic E-state index is 12.2. The highest BCUT2D eigenvalue weighted by Crippen LogP contribution is 2.34. The van der Waals surface area contributed by atoms with Gasteiger partial charge >= 0.3 is 0 Å². The van der Waals surface area contributed by atoms with Crippen molar-refractivity contribution in [2.45, 2.75) is 26.2 Å². The van der Waals surface area contributed by atoms with Gasteiger partial charge in [0.05, 0.1) is 5.92 Å². The SMILES string of the molecule is CC(C)CNC(=O)C1CC(=O)N(C)c2ccccc21. The molecule has 1 aliphatic rings. The average Bonchev–Trinajstić information content (AvgIpc) is 2.40. The largest absolute Gasteiger partial charge is 0.355 e. The smallest absolute Gasteiger partial charge is 0.228 e. The minimum atomic E-state index is -0.362. The van der Waals surface area contributed by atoms with Crippen LogP contribution in [0.2, 0.25) is 0 Å². The number of carbonyl (C=O) groups excluding carboxylic acids is 2. The zero-order chi connectivity index (χ0) is 14.0. The van der Waals surface area contributed by atoms with Crippen LogP contribution in [-0.2, 0) is 9.59 Å². The number of benzene rings is 1. The molecule has 19 heavy (non-hydrogen) atoms. The molecule has 1 unspecified atom stereocenters. The van der Waals surface area contributed by atoms with E-state index in [0.717, 1.165) is 11.3 Å². The van der Waals surface area contributed by atoms with E-state index < -0.39 is 0 Å². The molecule has 1 aromatic carbocycles. The number of para-hydroxylation sites is 1. The monoisotopic (exact) mass is 260 g/mol. The molecule has 0 radical (unpaired) electrons. The van der Waals surface area contributed by atoms with Crippen molar-refractivity contribution in [3.05, 3.63) is 29.8 Å². The summed E-state index contributed by atoms with van der Waals surface area (Å²) >= 11 is 0. The second-order valence-electron chi connectivity index (χ2n) is 5.41. The van der Waals surface area contributed by atoms with Crippen LogP contribution in [0.25, 0.3) is 0 Å². The van der Waals surface area contributed by atoms with Gasteiger partial charge in [0.1, 0.15) is 0 Å². The molecular weight excluding hydrogens is 240 g/mol. The normalized spacial score (nSPS) is 18.4. The second-order valence-corrected chi connectivity index (χ2v) is 5.41. The Hall–Kier alpha value is -1.84. The molecule has 0 saturated heterocycles. The Labute approximate surface area is 113 Å². The third kappa shape index (κ3) is 2.78. The summed E-state index contributed by atoms with van der Waals surface area (Å²) in [6.07, 6.45) is 0.247. The highest BCUT2D eigenvalue weighted by atomic mass is 16.2. The van der Waals surface area contributed by atoms with Gasteiger partial charge in [0, 0.05) is 25.7 Å². The molecule has 0 bridgehead atoms. The first kappa shape index (κ1) is 13.6. The highest BCUT2D eigenvalue weighted by molar-refractivity contribution is 6.02. The first-order valence-electron chi connectivity index (χ1n) is 6.64. The summed E-state index contributed by atoms with van der Waals surface area (Å²) < 4.78 is 0. The van der Waals surface area contributed by atoms with Crippen molar-refractivity contribution in [1.82, 2.24) is 5.32 Å². The Morgan fingerprint density at radius 1 is 1.42 bits per heavy atom. The van der Waals surface area contributed by atoms with Crippen LogP contribution in [0.15, 0.2) is 24.3 Å².